The van der Waals surface area contributed by atoms with Crippen LogP contribution in [0.25, 0.3) is 0 Å². The number of benzene rings is 3. The lowest BCUT2D eigenvalue weighted by molar-refractivity contribution is -0.142. The van der Waals surface area contributed by atoms with Crippen molar-refractivity contribution in [2.24, 2.45) is 0 Å². The van der Waals surface area contributed by atoms with Gasteiger partial charge in [-0.3, -0.25) is 9.59 Å². The smallest absolute Gasteiger partial charge is 0.261 e. The Balaban J connectivity index is 1.89. The molecule has 0 saturated heterocycles. The first-order valence-corrected chi connectivity index (χ1v) is 10.5. The predicted molar refractivity (Wildman–Crippen MR) is 122 cm³/mol. The standard InChI is InChI=1S/C26H27FN2O3/c1-19-10-6-7-13-21(19)17-29(25(30)18-32-24-15-9-8-14-22(24)27)23(26(31)28-2)16-20-11-4-3-5-12-20/h3-15,23H,16-18H2,1-2H3,(H,28,31)/t23-/m0/s1. The molecule has 0 aliphatic rings. The lowest BCUT2D eigenvalue weighted by atomic mass is 10.0. The fourth-order valence-corrected chi connectivity index (χ4v) is 3.48. The predicted octanol–water partition coefficient (Wildman–Crippen LogP) is 3.90. The second-order valence-electron chi connectivity index (χ2n) is 7.49. The van der Waals surface area contributed by atoms with E-state index >= 15 is 0 Å². The van der Waals surface area contributed by atoms with Crippen molar-refractivity contribution in [1.82, 2.24) is 10.2 Å². The van der Waals surface area contributed by atoms with Gasteiger partial charge in [-0.15, -0.1) is 0 Å². The maximum Gasteiger partial charge on any atom is 0.261 e. The van der Waals surface area contributed by atoms with Crippen LogP contribution in [0.5, 0.6) is 5.75 Å². The fourth-order valence-electron chi connectivity index (χ4n) is 3.48. The average Bonchev–Trinajstić information content (AvgIpc) is 2.82. The monoisotopic (exact) mass is 434 g/mol. The number of nitrogens with zero attached hydrogens (tertiary/aromatic N) is 1. The summed E-state index contributed by atoms with van der Waals surface area (Å²) in [7, 11) is 1.55. The lowest BCUT2D eigenvalue weighted by Gasteiger charge is -2.31. The third-order valence-electron chi connectivity index (χ3n) is 5.31. The molecule has 5 nitrogen and oxygen atoms in total. The van der Waals surface area contributed by atoms with Gasteiger partial charge in [-0.25, -0.2) is 4.39 Å². The molecule has 3 aromatic rings. The van der Waals surface area contributed by atoms with Gasteiger partial charge in [-0.05, 0) is 35.7 Å². The molecule has 0 aliphatic heterocycles. The molecule has 1 atom stereocenters. The van der Waals surface area contributed by atoms with E-state index in [1.807, 2.05) is 61.5 Å². The Bertz CT molecular complexity index is 1060. The molecule has 1 N–H and O–H groups in total. The summed E-state index contributed by atoms with van der Waals surface area (Å²) in [6.07, 6.45) is 0.345. The molecule has 2 amide bonds. The average molecular weight is 435 g/mol. The number of rotatable bonds is 9. The van der Waals surface area contributed by atoms with E-state index in [-0.39, 0.29) is 24.8 Å². The number of ether oxygens (including phenoxy) is 1. The maximum absolute atomic E-state index is 14.0. The van der Waals surface area contributed by atoms with Crippen LogP contribution >= 0.6 is 0 Å². The molecule has 0 aromatic heterocycles. The van der Waals surface area contributed by atoms with Gasteiger partial charge in [0.25, 0.3) is 5.91 Å². The number of halogens is 1. The highest BCUT2D eigenvalue weighted by Crippen LogP contribution is 2.19. The minimum atomic E-state index is -0.751. The Morgan fingerprint density at radius 2 is 1.62 bits per heavy atom. The topological polar surface area (TPSA) is 58.6 Å². The summed E-state index contributed by atoms with van der Waals surface area (Å²) in [5.74, 6) is -1.23. The highest BCUT2D eigenvalue weighted by molar-refractivity contribution is 5.88. The summed E-state index contributed by atoms with van der Waals surface area (Å²) in [5, 5.41) is 2.67. The van der Waals surface area contributed by atoms with Crippen LogP contribution in [0.3, 0.4) is 0 Å². The molecule has 32 heavy (non-hydrogen) atoms. The molecule has 0 spiro atoms. The highest BCUT2D eigenvalue weighted by atomic mass is 19.1. The van der Waals surface area contributed by atoms with Crippen LogP contribution in [0.1, 0.15) is 16.7 Å². The molecule has 6 heteroatoms. The molecule has 0 aliphatic carbocycles. The molecule has 0 bridgehead atoms. The minimum absolute atomic E-state index is 0.00348. The zero-order chi connectivity index (χ0) is 22.9. The molecule has 3 rings (SSSR count). The van der Waals surface area contributed by atoms with Gasteiger partial charge in [-0.1, -0.05) is 66.7 Å². The number of amides is 2. The Hall–Kier alpha value is -3.67. The van der Waals surface area contributed by atoms with Gasteiger partial charge in [0, 0.05) is 20.0 Å². The molecule has 3 aromatic carbocycles. The van der Waals surface area contributed by atoms with Crippen molar-refractivity contribution >= 4 is 11.8 Å². The molecular formula is C26H27FN2O3. The van der Waals surface area contributed by atoms with Crippen molar-refractivity contribution in [3.05, 3.63) is 101 Å². The Morgan fingerprint density at radius 1 is 0.969 bits per heavy atom. The number of nitrogens with one attached hydrogen (secondary N) is 1. The number of carbonyl (C=O) groups excluding carboxylic acids is 2. The largest absolute Gasteiger partial charge is 0.481 e. The molecule has 0 unspecified atom stereocenters. The summed E-state index contributed by atoms with van der Waals surface area (Å²) >= 11 is 0. The zero-order valence-corrected chi connectivity index (χ0v) is 18.3. The van der Waals surface area contributed by atoms with Crippen LogP contribution in [0.4, 0.5) is 4.39 Å². The summed E-state index contributed by atoms with van der Waals surface area (Å²) in [6, 6.07) is 22.4. The number of likely N-dealkylation sites (N-methyl/N-ethyl adjacent to an activating group) is 1. The van der Waals surface area contributed by atoms with Gasteiger partial charge in [0.05, 0.1) is 0 Å². The van der Waals surface area contributed by atoms with Crippen molar-refractivity contribution in [1.29, 1.82) is 0 Å². The third-order valence-corrected chi connectivity index (χ3v) is 5.31. The van der Waals surface area contributed by atoms with E-state index in [9.17, 15) is 14.0 Å². The fraction of sp³-hybridized carbons (Fsp3) is 0.231. The maximum atomic E-state index is 14.0. The number of carbonyl (C=O) groups is 2. The van der Waals surface area contributed by atoms with E-state index in [1.165, 1.54) is 17.0 Å². The minimum Gasteiger partial charge on any atom is -0.481 e. The molecule has 0 saturated carbocycles. The van der Waals surface area contributed by atoms with E-state index in [0.717, 1.165) is 16.7 Å². The highest BCUT2D eigenvalue weighted by Gasteiger charge is 2.30. The molecular weight excluding hydrogens is 407 g/mol. The lowest BCUT2D eigenvalue weighted by Crippen LogP contribution is -2.51. The first kappa shape index (κ1) is 23.0. The second-order valence-corrected chi connectivity index (χ2v) is 7.49. The van der Waals surface area contributed by atoms with E-state index in [0.29, 0.717) is 6.42 Å². The van der Waals surface area contributed by atoms with Gasteiger partial charge >= 0.3 is 0 Å². The summed E-state index contributed by atoms with van der Waals surface area (Å²) < 4.78 is 19.4. The first-order valence-electron chi connectivity index (χ1n) is 10.5. The van der Waals surface area contributed by atoms with Gasteiger partial charge in [-0.2, -0.15) is 0 Å². The Kier molecular flexibility index (Phi) is 7.97. The number of hydrogen-bond donors (Lipinski definition) is 1. The Morgan fingerprint density at radius 3 is 2.31 bits per heavy atom. The number of aryl methyl sites for hydroxylation is 1. The van der Waals surface area contributed by atoms with Crippen LogP contribution in [0, 0.1) is 12.7 Å². The Labute approximate surface area is 187 Å². The van der Waals surface area contributed by atoms with E-state index < -0.39 is 17.8 Å². The summed E-state index contributed by atoms with van der Waals surface area (Å²) in [4.78, 5) is 27.7. The number of hydrogen-bond acceptors (Lipinski definition) is 3. The van der Waals surface area contributed by atoms with Crippen LogP contribution in [-0.4, -0.2) is 36.4 Å². The quantitative estimate of drug-likeness (QED) is 0.556. The molecule has 0 radical (unpaired) electrons. The van der Waals surface area contributed by atoms with Gasteiger partial charge < -0.3 is 15.0 Å². The second kappa shape index (κ2) is 11.1. The van der Waals surface area contributed by atoms with Crippen molar-refractivity contribution in [2.75, 3.05) is 13.7 Å². The third kappa shape index (κ3) is 5.94. The van der Waals surface area contributed by atoms with Crippen molar-refractivity contribution in [3.63, 3.8) is 0 Å². The zero-order valence-electron chi connectivity index (χ0n) is 18.3. The van der Waals surface area contributed by atoms with Crippen LogP contribution in [0.15, 0.2) is 78.9 Å². The van der Waals surface area contributed by atoms with Gasteiger partial charge in [0.1, 0.15) is 6.04 Å². The summed E-state index contributed by atoms with van der Waals surface area (Å²) in [6.45, 7) is 1.81. The van der Waals surface area contributed by atoms with Gasteiger partial charge in [0.15, 0.2) is 18.2 Å². The van der Waals surface area contributed by atoms with Crippen LogP contribution in [-0.2, 0) is 22.6 Å². The SMILES string of the molecule is CNC(=O)[C@H](Cc1ccccc1)N(Cc1ccccc1C)C(=O)COc1ccccc1F. The van der Waals surface area contributed by atoms with E-state index in [1.54, 1.807) is 19.2 Å². The van der Waals surface area contributed by atoms with E-state index in [4.69, 9.17) is 4.74 Å². The van der Waals surface area contributed by atoms with Crippen molar-refractivity contribution < 1.29 is 18.7 Å². The number of para-hydroxylation sites is 1. The van der Waals surface area contributed by atoms with Crippen LogP contribution in [0.2, 0.25) is 0 Å². The van der Waals surface area contributed by atoms with Crippen LogP contribution < -0.4 is 10.1 Å². The van der Waals surface area contributed by atoms with E-state index in [2.05, 4.69) is 5.32 Å². The first-order chi connectivity index (χ1) is 15.5. The normalized spacial score (nSPS) is 11.5. The molecule has 0 fully saturated rings. The molecule has 166 valence electrons. The van der Waals surface area contributed by atoms with Gasteiger partial charge in [0.2, 0.25) is 5.91 Å². The van der Waals surface area contributed by atoms with Crippen molar-refractivity contribution in [2.45, 2.75) is 25.9 Å². The summed E-state index contributed by atoms with van der Waals surface area (Å²) in [5.41, 5.74) is 2.86. The van der Waals surface area contributed by atoms with Crippen molar-refractivity contribution in [3.8, 4) is 5.75 Å². The molecule has 0 heterocycles.